The van der Waals surface area contributed by atoms with Crippen LogP contribution in [0.25, 0.3) is 5.69 Å². The molecule has 0 bridgehead atoms. The minimum Gasteiger partial charge on any atom is -0.497 e. The molecule has 29 heavy (non-hydrogen) atoms. The Hall–Kier alpha value is -3.26. The number of likely N-dealkylation sites (tertiary alicyclic amines) is 1. The summed E-state index contributed by atoms with van der Waals surface area (Å²) in [5.74, 6) is 0.672. The monoisotopic (exact) mass is 392 g/mol. The van der Waals surface area contributed by atoms with E-state index in [4.69, 9.17) is 4.74 Å². The van der Waals surface area contributed by atoms with E-state index in [0.717, 1.165) is 24.4 Å². The summed E-state index contributed by atoms with van der Waals surface area (Å²) < 4.78 is 6.89. The van der Waals surface area contributed by atoms with Gasteiger partial charge in [-0.05, 0) is 66.2 Å². The van der Waals surface area contributed by atoms with Gasteiger partial charge in [-0.25, -0.2) is 0 Å². The van der Waals surface area contributed by atoms with Crippen molar-refractivity contribution in [3.05, 3.63) is 66.0 Å². The number of carbonyl (C=O) groups excluding carboxylic acids is 1. The fourth-order valence-corrected chi connectivity index (χ4v) is 3.78. The molecule has 2 aromatic carbocycles. The summed E-state index contributed by atoms with van der Waals surface area (Å²) in [4.78, 5) is 15.4. The zero-order valence-electron chi connectivity index (χ0n) is 16.4. The smallest absolute Gasteiger partial charge is 0.253 e. The van der Waals surface area contributed by atoms with Crippen LogP contribution in [0.5, 0.6) is 5.75 Å². The first kappa shape index (κ1) is 19.1. The number of benzene rings is 2. The van der Waals surface area contributed by atoms with Crippen molar-refractivity contribution in [2.75, 3.05) is 26.7 Å². The average Bonchev–Trinajstić information content (AvgIpc) is 3.48. The van der Waals surface area contributed by atoms with E-state index in [9.17, 15) is 4.79 Å². The minimum atomic E-state index is -0.150. The first-order valence-corrected chi connectivity index (χ1v) is 9.75. The summed E-state index contributed by atoms with van der Waals surface area (Å²) in [6.07, 6.45) is 3.84. The molecule has 1 atom stereocenters. The number of aromatic nitrogens is 4. The molecule has 8 nitrogen and oxygen atoms in total. The van der Waals surface area contributed by atoms with Crippen LogP contribution in [-0.4, -0.2) is 57.8 Å². The highest BCUT2D eigenvalue weighted by Gasteiger charge is 2.25. The van der Waals surface area contributed by atoms with Crippen LogP contribution in [0, 0.1) is 0 Å². The van der Waals surface area contributed by atoms with Gasteiger partial charge in [0.1, 0.15) is 12.1 Å². The van der Waals surface area contributed by atoms with Gasteiger partial charge in [-0.3, -0.25) is 9.69 Å². The molecule has 1 amide bonds. The number of ether oxygens (including phenoxy) is 1. The average molecular weight is 392 g/mol. The fraction of sp³-hybridized carbons (Fsp3) is 0.333. The second-order valence-corrected chi connectivity index (χ2v) is 7.02. The highest BCUT2D eigenvalue weighted by molar-refractivity contribution is 5.97. The maximum atomic E-state index is 13.0. The molecule has 1 aliphatic rings. The SMILES string of the molecule is COc1cccc(C(CNC(=O)c2ccccc2-n2cnnn2)N2CCCC2)c1. The Morgan fingerprint density at radius 2 is 2.00 bits per heavy atom. The van der Waals surface area contributed by atoms with E-state index in [-0.39, 0.29) is 11.9 Å². The highest BCUT2D eigenvalue weighted by Crippen LogP contribution is 2.27. The summed E-state index contributed by atoms with van der Waals surface area (Å²) in [6.45, 7) is 2.56. The minimum absolute atomic E-state index is 0.0942. The van der Waals surface area contributed by atoms with Gasteiger partial charge in [0.05, 0.1) is 24.4 Å². The molecular formula is C21H24N6O2. The summed E-state index contributed by atoms with van der Waals surface area (Å²) in [5, 5.41) is 14.3. The van der Waals surface area contributed by atoms with Crippen molar-refractivity contribution < 1.29 is 9.53 Å². The summed E-state index contributed by atoms with van der Waals surface area (Å²) in [5.41, 5.74) is 2.32. The van der Waals surface area contributed by atoms with Gasteiger partial charge in [-0.15, -0.1) is 5.10 Å². The number of tetrazole rings is 1. The van der Waals surface area contributed by atoms with Crippen molar-refractivity contribution in [1.82, 2.24) is 30.4 Å². The molecule has 0 aliphatic carbocycles. The van der Waals surface area contributed by atoms with Gasteiger partial charge in [0.15, 0.2) is 0 Å². The lowest BCUT2D eigenvalue weighted by molar-refractivity contribution is 0.0937. The van der Waals surface area contributed by atoms with Gasteiger partial charge in [0, 0.05) is 6.54 Å². The lowest BCUT2D eigenvalue weighted by atomic mass is 10.0. The largest absolute Gasteiger partial charge is 0.497 e. The number of hydrogen-bond donors (Lipinski definition) is 1. The number of rotatable bonds is 7. The number of carbonyl (C=O) groups is 1. The van der Waals surface area contributed by atoms with E-state index in [1.807, 2.05) is 36.4 Å². The highest BCUT2D eigenvalue weighted by atomic mass is 16.5. The molecule has 150 valence electrons. The molecule has 1 aromatic heterocycles. The van der Waals surface area contributed by atoms with Gasteiger partial charge in [0.2, 0.25) is 0 Å². The number of para-hydroxylation sites is 1. The third kappa shape index (κ3) is 4.27. The van der Waals surface area contributed by atoms with Gasteiger partial charge >= 0.3 is 0 Å². The normalized spacial score (nSPS) is 15.2. The van der Waals surface area contributed by atoms with E-state index >= 15 is 0 Å². The summed E-state index contributed by atoms with van der Waals surface area (Å²) >= 11 is 0. The Morgan fingerprint density at radius 3 is 2.76 bits per heavy atom. The Kier molecular flexibility index (Phi) is 5.81. The lowest BCUT2D eigenvalue weighted by Gasteiger charge is -2.28. The maximum absolute atomic E-state index is 13.0. The predicted molar refractivity (Wildman–Crippen MR) is 108 cm³/mol. The Bertz CT molecular complexity index is 953. The van der Waals surface area contributed by atoms with Crippen LogP contribution >= 0.6 is 0 Å². The number of nitrogens with zero attached hydrogens (tertiary/aromatic N) is 5. The molecule has 0 spiro atoms. The van der Waals surface area contributed by atoms with Gasteiger partial charge in [-0.2, -0.15) is 4.68 Å². The van der Waals surface area contributed by atoms with Crippen molar-refractivity contribution in [2.45, 2.75) is 18.9 Å². The molecule has 0 saturated carbocycles. The van der Waals surface area contributed by atoms with Crippen molar-refractivity contribution in [1.29, 1.82) is 0 Å². The molecule has 4 rings (SSSR count). The molecule has 2 heterocycles. The Balaban J connectivity index is 1.54. The van der Waals surface area contributed by atoms with Crippen LogP contribution in [0.1, 0.15) is 34.8 Å². The molecule has 1 unspecified atom stereocenters. The molecule has 1 fully saturated rings. The van der Waals surface area contributed by atoms with Crippen LogP contribution < -0.4 is 10.1 Å². The third-order valence-corrected chi connectivity index (χ3v) is 5.26. The van der Waals surface area contributed by atoms with Gasteiger partial charge < -0.3 is 10.1 Å². The summed E-state index contributed by atoms with van der Waals surface area (Å²) in [7, 11) is 1.67. The predicted octanol–water partition coefficient (Wildman–Crippen LogP) is 2.24. The quantitative estimate of drug-likeness (QED) is 0.664. The first-order valence-electron chi connectivity index (χ1n) is 9.75. The fourth-order valence-electron chi connectivity index (χ4n) is 3.78. The Morgan fingerprint density at radius 1 is 1.17 bits per heavy atom. The third-order valence-electron chi connectivity index (χ3n) is 5.26. The van der Waals surface area contributed by atoms with Gasteiger partial charge in [-0.1, -0.05) is 24.3 Å². The number of nitrogens with one attached hydrogen (secondary N) is 1. The Labute approximate surface area is 169 Å². The zero-order valence-corrected chi connectivity index (χ0v) is 16.4. The molecule has 1 aliphatic heterocycles. The molecule has 1 saturated heterocycles. The van der Waals surface area contributed by atoms with Crippen molar-refractivity contribution >= 4 is 5.91 Å². The molecule has 3 aromatic rings. The number of hydrogen-bond acceptors (Lipinski definition) is 6. The van der Waals surface area contributed by atoms with E-state index < -0.39 is 0 Å². The van der Waals surface area contributed by atoms with Crippen LogP contribution in [0.2, 0.25) is 0 Å². The standard InChI is InChI=1S/C21H24N6O2/c1-29-17-8-6-7-16(13-17)20(26-11-4-5-12-26)14-22-21(28)18-9-2-3-10-19(18)27-15-23-24-25-27/h2-3,6-10,13,15,20H,4-5,11-12,14H2,1H3,(H,22,28). The lowest BCUT2D eigenvalue weighted by Crippen LogP contribution is -2.37. The first-order chi connectivity index (χ1) is 14.3. The van der Waals surface area contributed by atoms with E-state index in [1.54, 1.807) is 13.2 Å². The van der Waals surface area contributed by atoms with Crippen LogP contribution in [0.15, 0.2) is 54.9 Å². The molecule has 8 heteroatoms. The van der Waals surface area contributed by atoms with Crippen LogP contribution in [-0.2, 0) is 0 Å². The van der Waals surface area contributed by atoms with Crippen LogP contribution in [0.3, 0.4) is 0 Å². The summed E-state index contributed by atoms with van der Waals surface area (Å²) in [6, 6.07) is 15.5. The molecule has 0 radical (unpaired) electrons. The molecular weight excluding hydrogens is 368 g/mol. The van der Waals surface area contributed by atoms with Crippen molar-refractivity contribution in [3.63, 3.8) is 0 Å². The molecule has 1 N–H and O–H groups in total. The van der Waals surface area contributed by atoms with Crippen molar-refractivity contribution in [3.8, 4) is 11.4 Å². The van der Waals surface area contributed by atoms with E-state index in [0.29, 0.717) is 17.8 Å². The second-order valence-electron chi connectivity index (χ2n) is 7.02. The van der Waals surface area contributed by atoms with Crippen molar-refractivity contribution in [2.24, 2.45) is 0 Å². The topological polar surface area (TPSA) is 85.2 Å². The number of amides is 1. The van der Waals surface area contributed by atoms with E-state index in [1.165, 1.54) is 23.9 Å². The second kappa shape index (κ2) is 8.83. The van der Waals surface area contributed by atoms with Crippen LogP contribution in [0.4, 0.5) is 0 Å². The number of methoxy groups -OCH3 is 1. The van der Waals surface area contributed by atoms with Gasteiger partial charge in [0.25, 0.3) is 5.91 Å². The van der Waals surface area contributed by atoms with E-state index in [2.05, 4.69) is 31.8 Å². The zero-order chi connectivity index (χ0) is 20.1. The maximum Gasteiger partial charge on any atom is 0.253 e.